The predicted octanol–water partition coefficient (Wildman–Crippen LogP) is 4.05. The van der Waals surface area contributed by atoms with Gasteiger partial charge in [-0.15, -0.1) is 0 Å². The van der Waals surface area contributed by atoms with Crippen LogP contribution in [0.25, 0.3) is 0 Å². The van der Waals surface area contributed by atoms with Crippen LogP contribution in [0.5, 0.6) is 0 Å². The van der Waals surface area contributed by atoms with Gasteiger partial charge in [0.15, 0.2) is 11.6 Å². The summed E-state index contributed by atoms with van der Waals surface area (Å²) in [5, 5.41) is 20.5. The number of allylic oxidation sites excluding steroid dienone is 2. The number of carbonyl (C=O) groups excluding carboxylic acids is 3. The monoisotopic (exact) mass is 456 g/mol. The Balaban J connectivity index is 1.86. The fraction of sp³-hybridized carbons (Fsp3) is 0.704. The van der Waals surface area contributed by atoms with E-state index in [4.69, 9.17) is 5.11 Å². The molecule has 4 aliphatic carbocycles. The molecule has 6 heteroatoms. The molecular formula is C27H36O6. The lowest BCUT2D eigenvalue weighted by Gasteiger charge is -2.59. The number of aliphatic hydroxyl groups excluding tert-OH is 1. The van der Waals surface area contributed by atoms with E-state index in [1.807, 2.05) is 34.6 Å². The maximum atomic E-state index is 13.9. The first-order chi connectivity index (χ1) is 15.1. The van der Waals surface area contributed by atoms with Gasteiger partial charge >= 0.3 is 5.97 Å². The number of carboxylic acid groups (broad SMARTS) is 1. The van der Waals surface area contributed by atoms with Crippen LogP contribution in [0.3, 0.4) is 0 Å². The Kier molecular flexibility index (Phi) is 5.25. The average Bonchev–Trinajstić information content (AvgIpc) is 2.92. The third-order valence-electron chi connectivity index (χ3n) is 10.3. The fourth-order valence-electron chi connectivity index (χ4n) is 8.06. The highest BCUT2D eigenvalue weighted by molar-refractivity contribution is 6.12. The van der Waals surface area contributed by atoms with Crippen LogP contribution in [0.15, 0.2) is 23.3 Å². The minimum absolute atomic E-state index is 0.0537. The Hall–Kier alpha value is -2.08. The van der Waals surface area contributed by atoms with E-state index >= 15 is 0 Å². The number of fused-ring (bicyclic) bond motifs is 4. The highest BCUT2D eigenvalue weighted by Gasteiger charge is 2.70. The van der Waals surface area contributed by atoms with Gasteiger partial charge in [0.1, 0.15) is 5.78 Å². The molecule has 0 aromatic heterocycles. The first-order valence-corrected chi connectivity index (χ1v) is 12.0. The Bertz CT molecular complexity index is 1020. The molecule has 0 heterocycles. The Morgan fingerprint density at radius 1 is 1.03 bits per heavy atom. The molecule has 0 aliphatic heterocycles. The van der Waals surface area contributed by atoms with E-state index in [0.717, 1.165) is 5.57 Å². The van der Waals surface area contributed by atoms with Crippen molar-refractivity contribution in [3.05, 3.63) is 23.3 Å². The van der Waals surface area contributed by atoms with Crippen LogP contribution in [0.1, 0.15) is 79.6 Å². The van der Waals surface area contributed by atoms with Crippen molar-refractivity contribution in [2.24, 2.45) is 33.5 Å². The van der Waals surface area contributed by atoms with Gasteiger partial charge in [0.2, 0.25) is 0 Å². The van der Waals surface area contributed by atoms with Crippen LogP contribution in [0.4, 0.5) is 0 Å². The Morgan fingerprint density at radius 2 is 1.67 bits per heavy atom. The zero-order valence-corrected chi connectivity index (χ0v) is 20.4. The topological polar surface area (TPSA) is 109 Å². The maximum absolute atomic E-state index is 13.9. The van der Waals surface area contributed by atoms with Gasteiger partial charge in [-0.3, -0.25) is 19.2 Å². The summed E-state index contributed by atoms with van der Waals surface area (Å²) < 4.78 is 0. The number of hydrogen-bond acceptors (Lipinski definition) is 5. The number of Topliss-reactive ketones (excluding diaryl/α,β-unsaturated/α-hetero) is 3. The van der Waals surface area contributed by atoms with Crippen molar-refractivity contribution in [1.82, 2.24) is 0 Å². The smallest absolute Gasteiger partial charge is 0.303 e. The second kappa shape index (κ2) is 7.21. The van der Waals surface area contributed by atoms with Gasteiger partial charge in [-0.2, -0.15) is 0 Å². The van der Waals surface area contributed by atoms with Crippen molar-refractivity contribution in [2.75, 3.05) is 0 Å². The quantitative estimate of drug-likeness (QED) is 0.618. The van der Waals surface area contributed by atoms with Crippen LogP contribution < -0.4 is 0 Å². The van der Waals surface area contributed by atoms with Crippen molar-refractivity contribution >= 4 is 23.3 Å². The molecule has 4 rings (SSSR count). The molecule has 4 aliphatic rings. The largest absolute Gasteiger partial charge is 0.481 e. The van der Waals surface area contributed by atoms with E-state index in [-0.39, 0.29) is 54.9 Å². The molecule has 0 aromatic carbocycles. The van der Waals surface area contributed by atoms with Gasteiger partial charge in [0.05, 0.1) is 6.10 Å². The zero-order chi connectivity index (χ0) is 24.7. The summed E-state index contributed by atoms with van der Waals surface area (Å²) in [5.41, 5.74) is -1.20. The van der Waals surface area contributed by atoms with Crippen molar-refractivity contribution < 1.29 is 29.4 Å². The minimum atomic E-state index is -0.927. The number of hydrogen-bond donors (Lipinski definition) is 2. The van der Waals surface area contributed by atoms with Gasteiger partial charge in [-0.1, -0.05) is 46.8 Å². The highest BCUT2D eigenvalue weighted by Crippen LogP contribution is 2.70. The van der Waals surface area contributed by atoms with E-state index in [1.165, 1.54) is 0 Å². The van der Waals surface area contributed by atoms with E-state index < -0.39 is 33.7 Å². The molecule has 0 amide bonds. The summed E-state index contributed by atoms with van der Waals surface area (Å²) in [6.45, 7) is 13.8. The zero-order valence-electron chi connectivity index (χ0n) is 20.4. The molecule has 0 radical (unpaired) electrons. The van der Waals surface area contributed by atoms with Crippen molar-refractivity contribution in [3.63, 3.8) is 0 Å². The number of carboxylic acids is 1. The van der Waals surface area contributed by atoms with Crippen molar-refractivity contribution in [1.29, 1.82) is 0 Å². The van der Waals surface area contributed by atoms with Gasteiger partial charge in [-0.05, 0) is 36.5 Å². The number of aliphatic hydroxyl groups is 1. The third-order valence-corrected chi connectivity index (χ3v) is 10.3. The fourth-order valence-corrected chi connectivity index (χ4v) is 8.06. The number of ketones is 3. The molecule has 6 unspecified atom stereocenters. The summed E-state index contributed by atoms with van der Waals surface area (Å²) >= 11 is 0. The van der Waals surface area contributed by atoms with Crippen LogP contribution >= 0.6 is 0 Å². The molecule has 2 N–H and O–H groups in total. The lowest BCUT2D eigenvalue weighted by molar-refractivity contribution is -0.146. The summed E-state index contributed by atoms with van der Waals surface area (Å²) in [4.78, 5) is 51.5. The third kappa shape index (κ3) is 2.95. The SMILES string of the molecule is C=C(CCC(=O)O)C1CC(O)C2(C)C3=C(C(=O)CC12C)C1(C)CCC(=O)C(C)(C)C1CC3=O. The van der Waals surface area contributed by atoms with Gasteiger partial charge in [0.25, 0.3) is 0 Å². The maximum Gasteiger partial charge on any atom is 0.303 e. The van der Waals surface area contributed by atoms with Crippen LogP contribution in [0.2, 0.25) is 0 Å². The second-order valence-electron chi connectivity index (χ2n) is 12.1. The van der Waals surface area contributed by atoms with Gasteiger partial charge < -0.3 is 10.2 Å². The molecule has 2 fully saturated rings. The Morgan fingerprint density at radius 3 is 2.27 bits per heavy atom. The normalized spacial score (nSPS) is 42.0. The summed E-state index contributed by atoms with van der Waals surface area (Å²) in [5.74, 6) is -1.47. The van der Waals surface area contributed by atoms with Crippen LogP contribution in [0, 0.1) is 33.5 Å². The van der Waals surface area contributed by atoms with Gasteiger partial charge in [0, 0.05) is 53.1 Å². The number of aliphatic carboxylic acids is 1. The van der Waals surface area contributed by atoms with E-state index in [2.05, 4.69) is 6.58 Å². The van der Waals surface area contributed by atoms with E-state index in [9.17, 15) is 24.3 Å². The average molecular weight is 457 g/mol. The molecule has 180 valence electrons. The molecule has 0 spiro atoms. The number of rotatable bonds is 4. The molecule has 0 aromatic rings. The molecule has 0 saturated heterocycles. The number of carbonyl (C=O) groups is 4. The lowest BCUT2D eigenvalue weighted by Crippen LogP contribution is -2.59. The van der Waals surface area contributed by atoms with Crippen LogP contribution in [-0.4, -0.2) is 39.6 Å². The van der Waals surface area contributed by atoms with Crippen LogP contribution in [-0.2, 0) is 19.2 Å². The standard InChI is InChI=1S/C27H36O6/c1-14(7-8-21(32)33)15-11-20(31)27(6)23-16(28)12-18-24(2,3)19(30)9-10-25(18,4)22(23)17(29)13-26(15,27)5/h15,18,20,31H,1,7-13H2,2-6H3,(H,32,33). The summed E-state index contributed by atoms with van der Waals surface area (Å²) in [6.07, 6.45) is 1.04. The Labute approximate surface area is 195 Å². The molecular weight excluding hydrogens is 420 g/mol. The molecule has 33 heavy (non-hydrogen) atoms. The first-order valence-electron chi connectivity index (χ1n) is 12.0. The predicted molar refractivity (Wildman–Crippen MR) is 122 cm³/mol. The second-order valence-corrected chi connectivity index (χ2v) is 12.1. The molecule has 6 nitrogen and oxygen atoms in total. The van der Waals surface area contributed by atoms with Crippen molar-refractivity contribution in [2.45, 2.75) is 85.7 Å². The molecule has 2 saturated carbocycles. The summed E-state index contributed by atoms with van der Waals surface area (Å²) in [6, 6.07) is 0. The lowest BCUT2D eigenvalue weighted by atomic mass is 9.43. The van der Waals surface area contributed by atoms with E-state index in [0.29, 0.717) is 30.4 Å². The first kappa shape index (κ1) is 24.1. The minimum Gasteiger partial charge on any atom is -0.481 e. The molecule has 0 bridgehead atoms. The van der Waals surface area contributed by atoms with Crippen molar-refractivity contribution in [3.8, 4) is 0 Å². The molecule has 6 atom stereocenters. The van der Waals surface area contributed by atoms with E-state index in [1.54, 1.807) is 0 Å². The highest BCUT2D eigenvalue weighted by atomic mass is 16.4. The van der Waals surface area contributed by atoms with Gasteiger partial charge in [-0.25, -0.2) is 0 Å². The summed E-state index contributed by atoms with van der Waals surface area (Å²) in [7, 11) is 0.